The van der Waals surface area contributed by atoms with Crippen LogP contribution in [0.15, 0.2) is 6.20 Å². The summed E-state index contributed by atoms with van der Waals surface area (Å²) in [7, 11) is 1.63. The van der Waals surface area contributed by atoms with Crippen LogP contribution in [0.3, 0.4) is 0 Å². The van der Waals surface area contributed by atoms with Crippen molar-refractivity contribution in [3.63, 3.8) is 0 Å². The number of rotatable bonds is 7. The summed E-state index contributed by atoms with van der Waals surface area (Å²) in [6, 6.07) is 0. The lowest BCUT2D eigenvalue weighted by Crippen LogP contribution is -2.30. The first-order valence-electron chi connectivity index (χ1n) is 5.88. The summed E-state index contributed by atoms with van der Waals surface area (Å²) >= 11 is 0. The molecule has 0 aliphatic heterocycles. The quantitative estimate of drug-likeness (QED) is 0.648. The second-order valence-corrected chi connectivity index (χ2v) is 4.72. The van der Waals surface area contributed by atoms with E-state index in [0.29, 0.717) is 18.8 Å². The first kappa shape index (κ1) is 14.6. The Bertz CT molecular complexity index is 383. The van der Waals surface area contributed by atoms with E-state index in [1.165, 1.54) is 4.68 Å². The molecule has 0 aliphatic rings. The summed E-state index contributed by atoms with van der Waals surface area (Å²) in [4.78, 5) is 11.6. The highest BCUT2D eigenvalue weighted by molar-refractivity contribution is 5.75. The van der Waals surface area contributed by atoms with E-state index in [2.05, 4.69) is 15.6 Å². The number of hydrogen-bond donors (Lipinski definition) is 2. The molecular weight excluding hydrogens is 234 g/mol. The highest BCUT2D eigenvalue weighted by atomic mass is 16.5. The highest BCUT2D eigenvalue weighted by Crippen LogP contribution is 2.12. The van der Waals surface area contributed by atoms with Crippen LogP contribution in [0.4, 0.5) is 0 Å². The highest BCUT2D eigenvalue weighted by Gasteiger charge is 2.18. The molecule has 0 unspecified atom stereocenters. The number of amides is 1. The van der Waals surface area contributed by atoms with Gasteiger partial charge in [0.05, 0.1) is 11.7 Å². The maximum absolute atomic E-state index is 11.6. The topological polar surface area (TPSA) is 95.1 Å². The van der Waals surface area contributed by atoms with Crippen molar-refractivity contribution in [3.05, 3.63) is 11.9 Å². The van der Waals surface area contributed by atoms with Gasteiger partial charge < -0.3 is 15.8 Å². The van der Waals surface area contributed by atoms with E-state index in [9.17, 15) is 4.79 Å². The van der Waals surface area contributed by atoms with Crippen molar-refractivity contribution >= 4 is 5.91 Å². The van der Waals surface area contributed by atoms with Gasteiger partial charge >= 0.3 is 0 Å². The van der Waals surface area contributed by atoms with Gasteiger partial charge in [0, 0.05) is 20.3 Å². The van der Waals surface area contributed by atoms with Crippen molar-refractivity contribution in [3.8, 4) is 0 Å². The van der Waals surface area contributed by atoms with Gasteiger partial charge in [-0.05, 0) is 20.3 Å². The van der Waals surface area contributed by atoms with E-state index in [1.54, 1.807) is 13.3 Å². The fourth-order valence-electron chi connectivity index (χ4n) is 1.32. The SMILES string of the molecule is COCCCNC(=O)Cn1cc(C(C)(C)N)nn1. The Labute approximate surface area is 107 Å². The predicted molar refractivity (Wildman–Crippen MR) is 66.7 cm³/mol. The van der Waals surface area contributed by atoms with Gasteiger partial charge in [-0.2, -0.15) is 0 Å². The molecule has 0 bridgehead atoms. The van der Waals surface area contributed by atoms with Crippen LogP contribution in [0.5, 0.6) is 0 Å². The van der Waals surface area contributed by atoms with E-state index in [1.807, 2.05) is 13.8 Å². The van der Waals surface area contributed by atoms with E-state index in [0.717, 1.165) is 6.42 Å². The third kappa shape index (κ3) is 4.80. The normalized spacial score (nSPS) is 11.6. The Balaban J connectivity index is 2.38. The molecule has 0 radical (unpaired) electrons. The van der Waals surface area contributed by atoms with Crippen LogP contribution < -0.4 is 11.1 Å². The average molecular weight is 255 g/mol. The molecule has 0 aliphatic carbocycles. The number of ether oxygens (including phenoxy) is 1. The average Bonchev–Trinajstić information content (AvgIpc) is 2.72. The lowest BCUT2D eigenvalue weighted by Gasteiger charge is -2.13. The molecule has 1 heterocycles. The van der Waals surface area contributed by atoms with E-state index in [-0.39, 0.29) is 12.5 Å². The van der Waals surface area contributed by atoms with Crippen LogP contribution in [-0.2, 0) is 21.6 Å². The van der Waals surface area contributed by atoms with Crippen molar-refractivity contribution in [1.29, 1.82) is 0 Å². The third-order valence-corrected chi connectivity index (χ3v) is 2.35. The molecule has 18 heavy (non-hydrogen) atoms. The van der Waals surface area contributed by atoms with Gasteiger partial charge in [0.25, 0.3) is 0 Å². The zero-order valence-electron chi connectivity index (χ0n) is 11.1. The number of carbonyl (C=O) groups is 1. The number of nitrogens with one attached hydrogen (secondary N) is 1. The number of nitrogens with zero attached hydrogens (tertiary/aromatic N) is 3. The Morgan fingerprint density at radius 2 is 2.33 bits per heavy atom. The summed E-state index contributed by atoms with van der Waals surface area (Å²) in [5, 5.41) is 10.6. The van der Waals surface area contributed by atoms with E-state index < -0.39 is 5.54 Å². The molecule has 0 atom stereocenters. The first-order chi connectivity index (χ1) is 8.43. The predicted octanol–water partition coefficient (Wildman–Crippen LogP) is -0.375. The summed E-state index contributed by atoms with van der Waals surface area (Å²) in [6.45, 7) is 5.06. The van der Waals surface area contributed by atoms with E-state index in [4.69, 9.17) is 10.5 Å². The number of aromatic nitrogens is 3. The summed E-state index contributed by atoms with van der Waals surface area (Å²) in [6.07, 6.45) is 2.48. The third-order valence-electron chi connectivity index (χ3n) is 2.35. The molecule has 1 rings (SSSR count). The van der Waals surface area contributed by atoms with E-state index >= 15 is 0 Å². The maximum atomic E-state index is 11.6. The number of hydrogen-bond acceptors (Lipinski definition) is 5. The summed E-state index contributed by atoms with van der Waals surface area (Å²) in [5.74, 6) is -0.0996. The van der Waals surface area contributed by atoms with Crippen molar-refractivity contribution in [1.82, 2.24) is 20.3 Å². The Hall–Kier alpha value is -1.47. The van der Waals surface area contributed by atoms with Crippen LogP contribution in [0, 0.1) is 0 Å². The Morgan fingerprint density at radius 3 is 2.89 bits per heavy atom. The number of methoxy groups -OCH3 is 1. The molecule has 0 saturated heterocycles. The molecule has 1 aromatic heterocycles. The fourth-order valence-corrected chi connectivity index (χ4v) is 1.32. The zero-order valence-corrected chi connectivity index (χ0v) is 11.1. The van der Waals surface area contributed by atoms with Gasteiger partial charge in [0.15, 0.2) is 0 Å². The minimum atomic E-state index is -0.548. The van der Waals surface area contributed by atoms with Crippen LogP contribution in [0.1, 0.15) is 26.0 Å². The summed E-state index contributed by atoms with van der Waals surface area (Å²) < 4.78 is 6.37. The molecule has 1 aromatic rings. The Kier molecular flexibility index (Phi) is 5.24. The van der Waals surface area contributed by atoms with Crippen LogP contribution in [0.2, 0.25) is 0 Å². The lowest BCUT2D eigenvalue weighted by atomic mass is 10.0. The lowest BCUT2D eigenvalue weighted by molar-refractivity contribution is -0.121. The monoisotopic (exact) mass is 255 g/mol. The number of carbonyl (C=O) groups excluding carboxylic acids is 1. The van der Waals surface area contributed by atoms with Crippen molar-refractivity contribution in [2.45, 2.75) is 32.4 Å². The van der Waals surface area contributed by atoms with Gasteiger partial charge in [-0.3, -0.25) is 4.79 Å². The molecule has 7 heteroatoms. The van der Waals surface area contributed by atoms with Gasteiger partial charge in [-0.1, -0.05) is 5.21 Å². The second-order valence-electron chi connectivity index (χ2n) is 4.72. The minimum absolute atomic E-state index is 0.0996. The molecule has 3 N–H and O–H groups in total. The zero-order chi connectivity index (χ0) is 13.6. The van der Waals surface area contributed by atoms with Gasteiger partial charge in [-0.25, -0.2) is 4.68 Å². The molecule has 7 nitrogen and oxygen atoms in total. The smallest absolute Gasteiger partial charge is 0.241 e. The summed E-state index contributed by atoms with van der Waals surface area (Å²) in [5.41, 5.74) is 6.00. The molecule has 0 saturated carbocycles. The van der Waals surface area contributed by atoms with Gasteiger partial charge in [0.2, 0.25) is 5.91 Å². The molecule has 0 aromatic carbocycles. The van der Waals surface area contributed by atoms with Gasteiger partial charge in [0.1, 0.15) is 12.2 Å². The molecule has 102 valence electrons. The van der Waals surface area contributed by atoms with Crippen molar-refractivity contribution < 1.29 is 9.53 Å². The molecule has 0 spiro atoms. The fraction of sp³-hybridized carbons (Fsp3) is 0.727. The minimum Gasteiger partial charge on any atom is -0.385 e. The van der Waals surface area contributed by atoms with Crippen LogP contribution in [-0.4, -0.2) is 41.2 Å². The van der Waals surface area contributed by atoms with Crippen LogP contribution in [0.25, 0.3) is 0 Å². The molecular formula is C11H21N5O2. The van der Waals surface area contributed by atoms with Crippen LogP contribution >= 0.6 is 0 Å². The maximum Gasteiger partial charge on any atom is 0.241 e. The largest absolute Gasteiger partial charge is 0.385 e. The first-order valence-corrected chi connectivity index (χ1v) is 5.88. The second kappa shape index (κ2) is 6.46. The standard InChI is InChI=1S/C11H21N5O2/c1-11(2,12)9-7-16(15-14-9)8-10(17)13-5-4-6-18-3/h7H,4-6,8,12H2,1-3H3,(H,13,17). The molecule has 1 amide bonds. The molecule has 0 fully saturated rings. The van der Waals surface area contributed by atoms with Gasteiger partial charge in [-0.15, -0.1) is 5.10 Å². The Morgan fingerprint density at radius 1 is 1.61 bits per heavy atom. The van der Waals surface area contributed by atoms with Crippen molar-refractivity contribution in [2.75, 3.05) is 20.3 Å². The van der Waals surface area contributed by atoms with Crippen molar-refractivity contribution in [2.24, 2.45) is 5.73 Å². The number of nitrogens with two attached hydrogens (primary N) is 1.